The smallest absolute Gasteiger partial charge is 0.270 e. The standard InChI is InChI=1S/C37H41FN8O3.H2/c1-3-26-9-6-12-33(42-26)44-18-20-45(21-19-44)37(48)31-23-30-29(27-10-4-5-11-32(27)49-2)22-28(35(38)36(30)43-31)25-8-7-17-46(24-25)34(47)13-14-40-15-16-41-39;/h4-6,8-12,15-16,22-23,43H,3,7,13-14,17-21,24,39H2,1-2H3;1H/b40-15?,41-16-;. The molecule has 6 rings (SSSR count). The van der Waals surface area contributed by atoms with Crippen LogP contribution in [0, 0.1) is 5.82 Å². The fourth-order valence-corrected chi connectivity index (χ4v) is 6.48. The van der Waals surface area contributed by atoms with E-state index in [1.165, 1.54) is 12.4 Å². The first kappa shape index (κ1) is 33.4. The highest BCUT2D eigenvalue weighted by Crippen LogP contribution is 2.40. The van der Waals surface area contributed by atoms with Gasteiger partial charge >= 0.3 is 0 Å². The van der Waals surface area contributed by atoms with Crippen molar-refractivity contribution in [1.29, 1.82) is 0 Å². The van der Waals surface area contributed by atoms with E-state index in [1.807, 2.05) is 54.6 Å². The highest BCUT2D eigenvalue weighted by Gasteiger charge is 2.28. The molecule has 0 unspecified atom stereocenters. The monoisotopic (exact) mass is 666 g/mol. The van der Waals surface area contributed by atoms with Crippen LogP contribution < -0.4 is 15.5 Å². The predicted octanol–water partition coefficient (Wildman–Crippen LogP) is 5.17. The predicted molar refractivity (Wildman–Crippen MR) is 194 cm³/mol. The lowest BCUT2D eigenvalue weighted by atomic mass is 9.93. The number of nitrogens with two attached hydrogens (primary N) is 1. The summed E-state index contributed by atoms with van der Waals surface area (Å²) in [5, 5.41) is 3.94. The molecule has 0 aliphatic carbocycles. The number of aliphatic imine (C=N–C) groups is 1. The SMILES string of the molecule is CCc1cccc(N2CCN(C(=O)c3cc4c(-c5ccccc5OC)cc(C5=CCCN(C(=O)CCN=C/C=N\N)C5)c(F)c4[nH]3)CC2)n1.[HH]. The number of carbonyl (C=O) groups excluding carboxylic acids is 2. The molecule has 2 aromatic heterocycles. The molecule has 4 heterocycles. The number of carbonyl (C=O) groups is 2. The van der Waals surface area contributed by atoms with Crippen molar-refractivity contribution in [2.45, 2.75) is 26.2 Å². The van der Waals surface area contributed by atoms with Crippen LogP contribution in [0.1, 0.15) is 42.9 Å². The third-order valence-electron chi connectivity index (χ3n) is 9.09. The first-order chi connectivity index (χ1) is 23.9. The Morgan fingerprint density at radius 3 is 2.61 bits per heavy atom. The molecule has 2 aromatic carbocycles. The topological polar surface area (TPSA) is 133 Å². The van der Waals surface area contributed by atoms with Gasteiger partial charge in [-0.05, 0) is 54.3 Å². The Bertz CT molecular complexity index is 1930. The van der Waals surface area contributed by atoms with Gasteiger partial charge in [0.25, 0.3) is 5.91 Å². The van der Waals surface area contributed by atoms with E-state index in [0.29, 0.717) is 73.7 Å². The molecule has 2 aliphatic heterocycles. The number of ether oxygens (including phenoxy) is 1. The van der Waals surface area contributed by atoms with Gasteiger partial charge in [-0.2, -0.15) is 5.10 Å². The largest absolute Gasteiger partial charge is 0.496 e. The fraction of sp³-hybridized carbons (Fsp3) is 0.324. The number of nitrogens with zero attached hydrogens (tertiary/aromatic N) is 6. The maximum atomic E-state index is 16.6. The van der Waals surface area contributed by atoms with Crippen molar-refractivity contribution in [3.63, 3.8) is 0 Å². The molecule has 11 nitrogen and oxygen atoms in total. The number of nitrogens with one attached hydrogen (secondary N) is 1. The number of para-hydroxylation sites is 1. The Hall–Kier alpha value is -5.52. The van der Waals surface area contributed by atoms with Crippen molar-refractivity contribution >= 4 is 46.5 Å². The summed E-state index contributed by atoms with van der Waals surface area (Å²) in [4.78, 5) is 44.7. The number of aromatic amines is 1. The highest BCUT2D eigenvalue weighted by atomic mass is 19.1. The minimum Gasteiger partial charge on any atom is -0.496 e. The van der Waals surface area contributed by atoms with Gasteiger partial charge in [0, 0.05) is 82.1 Å². The quantitative estimate of drug-likeness (QED) is 0.136. The van der Waals surface area contributed by atoms with Crippen molar-refractivity contribution in [2.24, 2.45) is 15.9 Å². The zero-order chi connectivity index (χ0) is 34.3. The molecule has 1 saturated heterocycles. The van der Waals surface area contributed by atoms with Gasteiger partial charge in [-0.25, -0.2) is 9.37 Å². The third kappa shape index (κ3) is 7.18. The van der Waals surface area contributed by atoms with Gasteiger partial charge in [0.2, 0.25) is 5.91 Å². The van der Waals surface area contributed by atoms with E-state index >= 15 is 4.39 Å². The number of halogens is 1. The Morgan fingerprint density at radius 2 is 1.84 bits per heavy atom. The number of fused-ring (bicyclic) bond motifs is 1. The Balaban J connectivity index is 0.00000486. The molecule has 256 valence electrons. The van der Waals surface area contributed by atoms with Crippen LogP contribution in [0.3, 0.4) is 0 Å². The maximum absolute atomic E-state index is 16.6. The number of methoxy groups -OCH3 is 1. The van der Waals surface area contributed by atoms with Crippen LogP contribution in [0.25, 0.3) is 27.6 Å². The average molecular weight is 667 g/mol. The summed E-state index contributed by atoms with van der Waals surface area (Å²) in [6.45, 7) is 5.50. The summed E-state index contributed by atoms with van der Waals surface area (Å²) in [5.74, 6) is 5.90. The summed E-state index contributed by atoms with van der Waals surface area (Å²) in [6.07, 6.45) is 6.46. The lowest BCUT2D eigenvalue weighted by molar-refractivity contribution is -0.130. The molecule has 49 heavy (non-hydrogen) atoms. The second kappa shape index (κ2) is 15.1. The number of rotatable bonds is 10. The molecule has 3 N–H and O–H groups in total. The number of hydrazone groups is 1. The van der Waals surface area contributed by atoms with Crippen LogP contribution >= 0.6 is 0 Å². The second-order valence-electron chi connectivity index (χ2n) is 12.0. The number of amides is 2. The number of hydrogen-bond donors (Lipinski definition) is 2. The first-order valence-electron chi connectivity index (χ1n) is 16.6. The molecule has 0 atom stereocenters. The number of piperazine rings is 1. The van der Waals surface area contributed by atoms with E-state index in [4.69, 9.17) is 15.6 Å². The molecular weight excluding hydrogens is 623 g/mol. The molecule has 0 saturated carbocycles. The van der Waals surface area contributed by atoms with Gasteiger partial charge in [0.15, 0.2) is 5.82 Å². The number of H-pyrrole nitrogens is 1. The van der Waals surface area contributed by atoms with Crippen molar-refractivity contribution in [2.75, 3.05) is 57.8 Å². The minimum absolute atomic E-state index is 0. The number of anilines is 1. The van der Waals surface area contributed by atoms with Crippen molar-refractivity contribution in [3.05, 3.63) is 83.4 Å². The molecular formula is C37H43FN8O3. The number of pyridine rings is 1. The van der Waals surface area contributed by atoms with E-state index in [1.54, 1.807) is 23.0 Å². The lowest BCUT2D eigenvalue weighted by Crippen LogP contribution is -2.49. The molecule has 4 aromatic rings. The fourth-order valence-electron chi connectivity index (χ4n) is 6.48. The summed E-state index contributed by atoms with van der Waals surface area (Å²) in [6, 6.07) is 17.1. The zero-order valence-corrected chi connectivity index (χ0v) is 27.9. The minimum atomic E-state index is -0.467. The Morgan fingerprint density at radius 1 is 1.02 bits per heavy atom. The van der Waals surface area contributed by atoms with Crippen molar-refractivity contribution < 1.29 is 20.1 Å². The van der Waals surface area contributed by atoms with Crippen LogP contribution in [0.15, 0.2) is 70.8 Å². The van der Waals surface area contributed by atoms with E-state index < -0.39 is 5.82 Å². The van der Waals surface area contributed by atoms with E-state index in [-0.39, 0.29) is 31.7 Å². The number of hydrogen-bond acceptors (Lipinski definition) is 8. The molecule has 2 aliphatic rings. The van der Waals surface area contributed by atoms with Crippen LogP contribution in [-0.2, 0) is 11.2 Å². The van der Waals surface area contributed by atoms with E-state index in [2.05, 4.69) is 26.9 Å². The lowest BCUT2D eigenvalue weighted by Gasteiger charge is -2.35. The summed E-state index contributed by atoms with van der Waals surface area (Å²) in [5.41, 5.74) is 4.16. The average Bonchev–Trinajstić information content (AvgIpc) is 3.61. The van der Waals surface area contributed by atoms with Gasteiger partial charge in [-0.3, -0.25) is 14.6 Å². The molecule has 12 heteroatoms. The zero-order valence-electron chi connectivity index (χ0n) is 27.9. The third-order valence-corrected chi connectivity index (χ3v) is 9.09. The first-order valence-corrected chi connectivity index (χ1v) is 16.6. The molecule has 2 amide bonds. The number of aromatic nitrogens is 2. The van der Waals surface area contributed by atoms with Crippen LogP contribution in [-0.4, -0.2) is 96.9 Å². The van der Waals surface area contributed by atoms with Gasteiger partial charge in [0.1, 0.15) is 17.3 Å². The summed E-state index contributed by atoms with van der Waals surface area (Å²) >= 11 is 0. The summed E-state index contributed by atoms with van der Waals surface area (Å²) < 4.78 is 22.3. The van der Waals surface area contributed by atoms with Crippen LogP contribution in [0.4, 0.5) is 10.2 Å². The molecule has 0 spiro atoms. The molecule has 1 fully saturated rings. The van der Waals surface area contributed by atoms with Crippen molar-refractivity contribution in [1.82, 2.24) is 19.8 Å². The van der Waals surface area contributed by atoms with Gasteiger partial charge in [0.05, 0.1) is 18.8 Å². The summed E-state index contributed by atoms with van der Waals surface area (Å²) in [7, 11) is 1.60. The second-order valence-corrected chi connectivity index (χ2v) is 12.0. The molecule has 0 bridgehead atoms. The molecule has 0 radical (unpaired) electrons. The normalized spacial score (nSPS) is 15.4. The van der Waals surface area contributed by atoms with Gasteiger partial charge in [-0.15, -0.1) is 0 Å². The number of benzene rings is 2. The van der Waals surface area contributed by atoms with Gasteiger partial charge in [-0.1, -0.05) is 37.3 Å². The van der Waals surface area contributed by atoms with Gasteiger partial charge < -0.3 is 30.3 Å². The van der Waals surface area contributed by atoms with Crippen LogP contribution in [0.2, 0.25) is 0 Å². The van der Waals surface area contributed by atoms with E-state index in [9.17, 15) is 9.59 Å². The Labute approximate surface area is 286 Å². The Kier molecular flexibility index (Phi) is 10.3. The van der Waals surface area contributed by atoms with Crippen LogP contribution in [0.5, 0.6) is 5.75 Å². The van der Waals surface area contributed by atoms with E-state index in [0.717, 1.165) is 29.1 Å². The number of aryl methyl sites for hydroxylation is 1. The van der Waals surface area contributed by atoms with Crippen molar-refractivity contribution in [3.8, 4) is 16.9 Å². The maximum Gasteiger partial charge on any atom is 0.270 e. The highest BCUT2D eigenvalue weighted by molar-refractivity contribution is 6.15.